The summed E-state index contributed by atoms with van der Waals surface area (Å²) in [6.07, 6.45) is 5.46. The molecule has 2 rings (SSSR count). The summed E-state index contributed by atoms with van der Waals surface area (Å²) < 4.78 is 0. The summed E-state index contributed by atoms with van der Waals surface area (Å²) in [7, 11) is 4.17. The minimum atomic E-state index is 0.0777. The van der Waals surface area contributed by atoms with Crippen LogP contribution in [0.2, 0.25) is 0 Å². The van der Waals surface area contributed by atoms with E-state index in [0.29, 0.717) is 6.04 Å². The predicted octanol–water partition coefficient (Wildman–Crippen LogP) is 1.78. The van der Waals surface area contributed by atoms with E-state index in [4.69, 9.17) is 0 Å². The summed E-state index contributed by atoms with van der Waals surface area (Å²) in [5.41, 5.74) is 1.29. The molecule has 84 valence electrons. The van der Waals surface area contributed by atoms with Crippen LogP contribution in [0.4, 0.5) is 0 Å². The molecule has 1 unspecified atom stereocenters. The molecule has 0 aliphatic heterocycles. The van der Waals surface area contributed by atoms with Gasteiger partial charge in [0, 0.05) is 17.3 Å². The van der Waals surface area contributed by atoms with Crippen LogP contribution in [0.25, 0.3) is 0 Å². The average Bonchev–Trinajstić information content (AvgIpc) is 2.62. The van der Waals surface area contributed by atoms with Crippen molar-refractivity contribution in [3.05, 3.63) is 24.0 Å². The van der Waals surface area contributed by atoms with Gasteiger partial charge < -0.3 is 15.0 Å². The van der Waals surface area contributed by atoms with Crippen molar-refractivity contribution < 1.29 is 5.11 Å². The van der Waals surface area contributed by atoms with Gasteiger partial charge in [0.25, 0.3) is 0 Å². The fraction of sp³-hybridized carbons (Fsp3) is 0.667. The Morgan fingerprint density at radius 2 is 2.27 bits per heavy atom. The molecule has 0 amide bonds. The third-order valence-corrected chi connectivity index (χ3v) is 3.68. The Morgan fingerprint density at radius 1 is 1.53 bits per heavy atom. The zero-order valence-electron chi connectivity index (χ0n) is 9.53. The Balaban J connectivity index is 2.27. The van der Waals surface area contributed by atoms with Gasteiger partial charge in [-0.25, -0.2) is 0 Å². The lowest BCUT2D eigenvalue weighted by Gasteiger charge is -2.48. The summed E-state index contributed by atoms with van der Waals surface area (Å²) in [6, 6.07) is 4.45. The number of aromatic amines is 1. The minimum absolute atomic E-state index is 0.0777. The normalized spacial score (nSPS) is 21.3. The zero-order chi connectivity index (χ0) is 10.9. The number of H-pyrrole nitrogens is 1. The SMILES string of the molecule is CN(C)C(c1ccc[nH]1)C1(CO)CCC1. The molecule has 1 aliphatic rings. The van der Waals surface area contributed by atoms with Crippen LogP contribution < -0.4 is 0 Å². The van der Waals surface area contributed by atoms with E-state index in [2.05, 4.69) is 30.0 Å². The van der Waals surface area contributed by atoms with Crippen molar-refractivity contribution in [2.45, 2.75) is 25.3 Å². The van der Waals surface area contributed by atoms with Gasteiger partial charge in [-0.15, -0.1) is 0 Å². The molecule has 0 saturated heterocycles. The highest BCUT2D eigenvalue weighted by Crippen LogP contribution is 2.51. The van der Waals surface area contributed by atoms with Crippen molar-refractivity contribution >= 4 is 0 Å². The maximum atomic E-state index is 9.61. The number of aromatic nitrogens is 1. The number of nitrogens with one attached hydrogen (secondary N) is 1. The van der Waals surface area contributed by atoms with Crippen LogP contribution >= 0.6 is 0 Å². The molecule has 15 heavy (non-hydrogen) atoms. The average molecular weight is 208 g/mol. The molecule has 0 spiro atoms. The molecule has 1 aromatic heterocycles. The molecule has 1 saturated carbocycles. The van der Waals surface area contributed by atoms with Gasteiger partial charge in [0.2, 0.25) is 0 Å². The summed E-state index contributed by atoms with van der Waals surface area (Å²) in [5, 5.41) is 9.61. The first kappa shape index (κ1) is 10.7. The Kier molecular flexibility index (Phi) is 2.85. The van der Waals surface area contributed by atoms with Gasteiger partial charge in [-0.3, -0.25) is 0 Å². The van der Waals surface area contributed by atoms with Crippen LogP contribution in [0.5, 0.6) is 0 Å². The number of hydrogen-bond donors (Lipinski definition) is 2. The fourth-order valence-corrected chi connectivity index (χ4v) is 2.82. The molecule has 1 aliphatic carbocycles. The standard InChI is InChI=1S/C12H20N2O/c1-14(2)11(10-5-3-8-13-10)12(9-15)6-4-7-12/h3,5,8,11,13,15H,4,6-7,9H2,1-2H3. The molecule has 3 heteroatoms. The minimum Gasteiger partial charge on any atom is -0.396 e. The van der Waals surface area contributed by atoms with E-state index < -0.39 is 0 Å². The Hall–Kier alpha value is -0.800. The van der Waals surface area contributed by atoms with Crippen LogP contribution in [0.3, 0.4) is 0 Å². The van der Waals surface area contributed by atoms with Gasteiger partial charge in [0.15, 0.2) is 0 Å². The Bertz CT molecular complexity index is 296. The van der Waals surface area contributed by atoms with Crippen molar-refractivity contribution in [1.82, 2.24) is 9.88 Å². The van der Waals surface area contributed by atoms with E-state index in [-0.39, 0.29) is 12.0 Å². The predicted molar refractivity (Wildman–Crippen MR) is 60.6 cm³/mol. The number of aliphatic hydroxyl groups excluding tert-OH is 1. The Labute approximate surface area is 91.1 Å². The highest BCUT2D eigenvalue weighted by molar-refractivity contribution is 5.15. The monoisotopic (exact) mass is 208 g/mol. The van der Waals surface area contributed by atoms with Crippen molar-refractivity contribution in [2.24, 2.45) is 5.41 Å². The summed E-state index contributed by atoms with van der Waals surface area (Å²) in [6.45, 7) is 0.287. The summed E-state index contributed by atoms with van der Waals surface area (Å²) in [4.78, 5) is 5.48. The first-order chi connectivity index (χ1) is 7.19. The first-order valence-electron chi connectivity index (χ1n) is 5.60. The fourth-order valence-electron chi connectivity index (χ4n) is 2.82. The lowest BCUT2D eigenvalue weighted by molar-refractivity contribution is -0.0323. The molecular formula is C12H20N2O. The first-order valence-corrected chi connectivity index (χ1v) is 5.60. The second-order valence-electron chi connectivity index (χ2n) is 4.87. The second kappa shape index (κ2) is 3.99. The van der Waals surface area contributed by atoms with Crippen molar-refractivity contribution in [3.8, 4) is 0 Å². The molecule has 3 nitrogen and oxygen atoms in total. The quantitative estimate of drug-likeness (QED) is 0.791. The van der Waals surface area contributed by atoms with Gasteiger partial charge in [-0.1, -0.05) is 6.42 Å². The van der Waals surface area contributed by atoms with E-state index in [1.165, 1.54) is 12.1 Å². The number of aliphatic hydroxyl groups is 1. The van der Waals surface area contributed by atoms with E-state index in [1.54, 1.807) is 0 Å². The van der Waals surface area contributed by atoms with Crippen molar-refractivity contribution in [1.29, 1.82) is 0 Å². The number of nitrogens with zero attached hydrogens (tertiary/aromatic N) is 1. The molecule has 2 N–H and O–H groups in total. The largest absolute Gasteiger partial charge is 0.396 e. The maximum Gasteiger partial charge on any atom is 0.0572 e. The van der Waals surface area contributed by atoms with Gasteiger partial charge in [-0.05, 0) is 39.1 Å². The number of hydrogen-bond acceptors (Lipinski definition) is 2. The van der Waals surface area contributed by atoms with Gasteiger partial charge in [0.05, 0.1) is 12.6 Å². The third-order valence-electron chi connectivity index (χ3n) is 3.68. The molecule has 1 heterocycles. The van der Waals surface area contributed by atoms with Crippen LogP contribution in [0.15, 0.2) is 18.3 Å². The molecule has 0 radical (unpaired) electrons. The van der Waals surface area contributed by atoms with Crippen LogP contribution in [0, 0.1) is 5.41 Å². The molecule has 1 fully saturated rings. The summed E-state index contributed by atoms with van der Waals surface area (Å²) >= 11 is 0. The van der Waals surface area contributed by atoms with Crippen LogP contribution in [-0.2, 0) is 0 Å². The number of rotatable bonds is 4. The molecule has 0 aromatic carbocycles. The third kappa shape index (κ3) is 1.70. The molecule has 0 bridgehead atoms. The topological polar surface area (TPSA) is 39.3 Å². The van der Waals surface area contributed by atoms with Gasteiger partial charge in [-0.2, -0.15) is 0 Å². The molecular weight excluding hydrogens is 188 g/mol. The van der Waals surface area contributed by atoms with Gasteiger partial charge >= 0.3 is 0 Å². The van der Waals surface area contributed by atoms with Crippen LogP contribution in [0.1, 0.15) is 31.0 Å². The Morgan fingerprint density at radius 3 is 2.60 bits per heavy atom. The van der Waals surface area contributed by atoms with E-state index >= 15 is 0 Å². The van der Waals surface area contributed by atoms with Crippen LogP contribution in [-0.4, -0.2) is 35.7 Å². The summed E-state index contributed by atoms with van der Waals surface area (Å²) in [5.74, 6) is 0. The van der Waals surface area contributed by atoms with E-state index in [1.807, 2.05) is 12.3 Å². The van der Waals surface area contributed by atoms with Crippen molar-refractivity contribution in [3.63, 3.8) is 0 Å². The van der Waals surface area contributed by atoms with Gasteiger partial charge in [0.1, 0.15) is 0 Å². The molecule has 1 aromatic rings. The second-order valence-corrected chi connectivity index (χ2v) is 4.87. The smallest absolute Gasteiger partial charge is 0.0572 e. The maximum absolute atomic E-state index is 9.61. The zero-order valence-corrected chi connectivity index (χ0v) is 9.53. The highest BCUT2D eigenvalue weighted by Gasteiger charge is 2.45. The highest BCUT2D eigenvalue weighted by atomic mass is 16.3. The van der Waals surface area contributed by atoms with E-state index in [9.17, 15) is 5.11 Å². The molecule has 1 atom stereocenters. The van der Waals surface area contributed by atoms with E-state index in [0.717, 1.165) is 12.8 Å². The van der Waals surface area contributed by atoms with Crippen molar-refractivity contribution in [2.75, 3.05) is 20.7 Å². The lowest BCUT2D eigenvalue weighted by Crippen LogP contribution is -2.45. The lowest BCUT2D eigenvalue weighted by atomic mass is 9.63.